The van der Waals surface area contributed by atoms with Crippen molar-refractivity contribution >= 4 is 11.6 Å². The molecule has 1 atom stereocenters. The maximum atomic E-state index is 9.90. The van der Waals surface area contributed by atoms with Gasteiger partial charge >= 0.3 is 0 Å². The van der Waals surface area contributed by atoms with Gasteiger partial charge in [-0.05, 0) is 38.3 Å². The van der Waals surface area contributed by atoms with Crippen molar-refractivity contribution in [3.05, 3.63) is 22.2 Å². The van der Waals surface area contributed by atoms with Crippen molar-refractivity contribution in [2.45, 2.75) is 38.6 Å². The van der Waals surface area contributed by atoms with Gasteiger partial charge < -0.3 is 15.5 Å². The summed E-state index contributed by atoms with van der Waals surface area (Å²) in [5.41, 5.74) is 1.61. The van der Waals surface area contributed by atoms with Crippen LogP contribution in [0.15, 0.2) is 6.07 Å². The Kier molecular flexibility index (Phi) is 3.79. The van der Waals surface area contributed by atoms with Gasteiger partial charge in [-0.15, -0.1) is 0 Å². The molecule has 0 aromatic heterocycles. The van der Waals surface area contributed by atoms with Crippen molar-refractivity contribution in [1.29, 1.82) is 0 Å². The van der Waals surface area contributed by atoms with Crippen LogP contribution in [0, 0.1) is 6.92 Å². The molecule has 1 saturated heterocycles. The zero-order valence-electron chi connectivity index (χ0n) is 9.96. The Hall–Kier alpha value is -0.930. The third-order valence-corrected chi connectivity index (χ3v) is 3.86. The van der Waals surface area contributed by atoms with Gasteiger partial charge in [-0.1, -0.05) is 18.0 Å². The first-order chi connectivity index (χ1) is 8.09. The second-order valence-corrected chi connectivity index (χ2v) is 5.09. The molecule has 17 heavy (non-hydrogen) atoms. The van der Waals surface area contributed by atoms with E-state index in [1.165, 1.54) is 18.9 Å². The minimum atomic E-state index is -0.133. The zero-order valence-corrected chi connectivity index (χ0v) is 10.7. The molecular formula is C13H18ClNO2. The van der Waals surface area contributed by atoms with Crippen LogP contribution in [0.1, 0.15) is 30.4 Å². The minimum Gasteiger partial charge on any atom is -0.504 e. The molecule has 2 rings (SSSR count). The fourth-order valence-corrected chi connectivity index (χ4v) is 2.58. The first kappa shape index (κ1) is 12.5. The smallest absolute Gasteiger partial charge is 0.161 e. The molecule has 4 heteroatoms. The molecule has 94 valence electrons. The van der Waals surface area contributed by atoms with Crippen LogP contribution in [-0.2, 0) is 6.42 Å². The summed E-state index contributed by atoms with van der Waals surface area (Å²) in [6.07, 6.45) is 4.24. The Morgan fingerprint density at radius 1 is 1.41 bits per heavy atom. The van der Waals surface area contributed by atoms with Gasteiger partial charge in [0.15, 0.2) is 11.5 Å². The van der Waals surface area contributed by atoms with E-state index in [1.54, 1.807) is 0 Å². The SMILES string of the molecule is Cc1c(Cl)cc(O)c(O)c1CC1CCCCN1. The standard InChI is InChI=1S/C13H18ClNO2/c1-8-10(6-9-4-2-3-5-15-9)13(17)12(16)7-11(8)14/h7,9,15-17H,2-6H2,1H3. The molecule has 0 bridgehead atoms. The number of benzene rings is 1. The fraction of sp³-hybridized carbons (Fsp3) is 0.538. The molecule has 1 aromatic carbocycles. The Bertz CT molecular complexity index is 388. The summed E-state index contributed by atoms with van der Waals surface area (Å²) in [6.45, 7) is 2.90. The third-order valence-electron chi connectivity index (χ3n) is 3.47. The Morgan fingerprint density at radius 2 is 2.18 bits per heavy atom. The number of piperidine rings is 1. The van der Waals surface area contributed by atoms with E-state index in [2.05, 4.69) is 5.32 Å². The second kappa shape index (κ2) is 5.15. The van der Waals surface area contributed by atoms with Gasteiger partial charge in [-0.2, -0.15) is 0 Å². The zero-order chi connectivity index (χ0) is 12.4. The van der Waals surface area contributed by atoms with Crippen molar-refractivity contribution in [3.8, 4) is 11.5 Å². The van der Waals surface area contributed by atoms with E-state index in [0.29, 0.717) is 17.5 Å². The van der Waals surface area contributed by atoms with Crippen LogP contribution in [-0.4, -0.2) is 22.8 Å². The molecule has 1 fully saturated rings. The van der Waals surface area contributed by atoms with Crippen molar-refractivity contribution in [2.24, 2.45) is 0 Å². The highest BCUT2D eigenvalue weighted by molar-refractivity contribution is 6.31. The van der Waals surface area contributed by atoms with Gasteiger partial charge in [0.1, 0.15) is 0 Å². The van der Waals surface area contributed by atoms with E-state index in [1.807, 2.05) is 6.92 Å². The van der Waals surface area contributed by atoms with Crippen LogP contribution in [0.5, 0.6) is 11.5 Å². The highest BCUT2D eigenvalue weighted by Crippen LogP contribution is 2.37. The number of halogens is 1. The predicted octanol–water partition coefficient (Wildman–Crippen LogP) is 2.74. The maximum absolute atomic E-state index is 9.90. The Labute approximate surface area is 106 Å². The van der Waals surface area contributed by atoms with Gasteiger partial charge in [0, 0.05) is 22.7 Å². The van der Waals surface area contributed by atoms with Gasteiger partial charge in [0.2, 0.25) is 0 Å². The van der Waals surface area contributed by atoms with Crippen molar-refractivity contribution in [3.63, 3.8) is 0 Å². The number of aromatic hydroxyl groups is 2. The minimum absolute atomic E-state index is 0.0285. The Morgan fingerprint density at radius 3 is 2.82 bits per heavy atom. The second-order valence-electron chi connectivity index (χ2n) is 4.68. The first-order valence-electron chi connectivity index (χ1n) is 6.03. The lowest BCUT2D eigenvalue weighted by Gasteiger charge is -2.24. The lowest BCUT2D eigenvalue weighted by molar-refractivity contribution is 0.377. The molecule has 1 unspecified atom stereocenters. The molecule has 1 aromatic rings. The van der Waals surface area contributed by atoms with Crippen LogP contribution < -0.4 is 5.32 Å². The highest BCUT2D eigenvalue weighted by atomic mass is 35.5. The van der Waals surface area contributed by atoms with E-state index in [0.717, 1.165) is 24.1 Å². The van der Waals surface area contributed by atoms with Crippen molar-refractivity contribution < 1.29 is 10.2 Å². The Balaban J connectivity index is 2.24. The van der Waals surface area contributed by atoms with Crippen LogP contribution in [0.25, 0.3) is 0 Å². The van der Waals surface area contributed by atoms with Crippen LogP contribution >= 0.6 is 11.6 Å². The predicted molar refractivity (Wildman–Crippen MR) is 68.9 cm³/mol. The average Bonchev–Trinajstić information content (AvgIpc) is 2.33. The molecule has 0 aliphatic carbocycles. The van der Waals surface area contributed by atoms with Gasteiger partial charge in [-0.3, -0.25) is 0 Å². The van der Waals surface area contributed by atoms with Crippen molar-refractivity contribution in [1.82, 2.24) is 5.32 Å². The molecule has 1 aliphatic rings. The first-order valence-corrected chi connectivity index (χ1v) is 6.40. The molecule has 1 heterocycles. The van der Waals surface area contributed by atoms with E-state index < -0.39 is 0 Å². The number of phenols is 2. The fourth-order valence-electron chi connectivity index (χ4n) is 2.37. The molecule has 0 amide bonds. The summed E-state index contributed by atoms with van der Waals surface area (Å²) in [4.78, 5) is 0. The van der Waals surface area contributed by atoms with Crippen molar-refractivity contribution in [2.75, 3.05) is 6.54 Å². The number of phenolic OH excluding ortho intramolecular Hbond substituents is 2. The largest absolute Gasteiger partial charge is 0.504 e. The summed E-state index contributed by atoms with van der Waals surface area (Å²) >= 11 is 6.02. The normalized spacial score (nSPS) is 20.5. The number of hydrogen-bond donors (Lipinski definition) is 3. The molecular weight excluding hydrogens is 238 g/mol. The molecule has 0 spiro atoms. The molecule has 0 radical (unpaired) electrons. The van der Waals surface area contributed by atoms with E-state index in [4.69, 9.17) is 11.6 Å². The van der Waals surface area contributed by atoms with Crippen LogP contribution in [0.4, 0.5) is 0 Å². The lowest BCUT2D eigenvalue weighted by Crippen LogP contribution is -2.35. The van der Waals surface area contributed by atoms with E-state index >= 15 is 0 Å². The number of nitrogens with one attached hydrogen (secondary N) is 1. The lowest BCUT2D eigenvalue weighted by atomic mass is 9.94. The van der Waals surface area contributed by atoms with E-state index in [9.17, 15) is 10.2 Å². The molecule has 1 aliphatic heterocycles. The number of hydrogen-bond acceptors (Lipinski definition) is 3. The summed E-state index contributed by atoms with van der Waals surface area (Å²) < 4.78 is 0. The summed E-state index contributed by atoms with van der Waals surface area (Å²) in [5.74, 6) is -0.161. The third kappa shape index (κ3) is 2.67. The molecule has 3 N–H and O–H groups in total. The highest BCUT2D eigenvalue weighted by Gasteiger charge is 2.19. The average molecular weight is 256 g/mol. The van der Waals surface area contributed by atoms with Gasteiger partial charge in [0.25, 0.3) is 0 Å². The van der Waals surface area contributed by atoms with Gasteiger partial charge in [-0.25, -0.2) is 0 Å². The summed E-state index contributed by atoms with van der Waals surface area (Å²) in [6, 6.07) is 1.76. The quantitative estimate of drug-likeness (QED) is 0.713. The van der Waals surface area contributed by atoms with E-state index in [-0.39, 0.29) is 11.5 Å². The van der Waals surface area contributed by atoms with Crippen LogP contribution in [0.2, 0.25) is 5.02 Å². The summed E-state index contributed by atoms with van der Waals surface area (Å²) in [7, 11) is 0. The number of rotatable bonds is 2. The maximum Gasteiger partial charge on any atom is 0.161 e. The molecule has 3 nitrogen and oxygen atoms in total. The van der Waals surface area contributed by atoms with Gasteiger partial charge in [0.05, 0.1) is 0 Å². The summed E-state index contributed by atoms with van der Waals surface area (Å²) in [5, 5.41) is 23.4. The monoisotopic (exact) mass is 255 g/mol. The molecule has 0 saturated carbocycles. The topological polar surface area (TPSA) is 52.5 Å². The van der Waals surface area contributed by atoms with Crippen LogP contribution in [0.3, 0.4) is 0 Å².